The predicted octanol–water partition coefficient (Wildman–Crippen LogP) is 4.79. The summed E-state index contributed by atoms with van der Waals surface area (Å²) in [7, 11) is -1.13. The Morgan fingerprint density at radius 1 is 1.38 bits per heavy atom. The summed E-state index contributed by atoms with van der Waals surface area (Å²) < 4.78 is 20.6. The van der Waals surface area contributed by atoms with Crippen LogP contribution in [0.3, 0.4) is 0 Å². The summed E-state index contributed by atoms with van der Waals surface area (Å²) in [6, 6.07) is 3.25. The number of anilines is 1. The molecule has 3 N–H and O–H groups in total. The van der Waals surface area contributed by atoms with E-state index in [4.69, 9.17) is 10.5 Å². The van der Waals surface area contributed by atoms with Gasteiger partial charge in [0.2, 0.25) is 0 Å². The maximum Gasteiger partial charge on any atom is 0.252 e. The highest BCUT2D eigenvalue weighted by atomic mass is 32.2. The number of amides is 1. The monoisotopic (exact) mass is 438 g/mol. The van der Waals surface area contributed by atoms with Crippen LogP contribution in [0.25, 0.3) is 11.0 Å². The third-order valence-corrected chi connectivity index (χ3v) is 7.86. The molecule has 6 nitrogen and oxygen atoms in total. The van der Waals surface area contributed by atoms with E-state index in [1.165, 1.54) is 6.20 Å². The van der Waals surface area contributed by atoms with Crippen molar-refractivity contribution in [1.29, 1.82) is 0 Å². The minimum Gasteiger partial charge on any atom is -0.381 e. The average molecular weight is 439 g/mol. The lowest BCUT2D eigenvalue weighted by atomic mass is 9.94. The lowest BCUT2D eigenvalue weighted by molar-refractivity contribution is 0.0899. The van der Waals surface area contributed by atoms with Crippen LogP contribution < -0.4 is 11.1 Å². The molecule has 0 saturated heterocycles. The van der Waals surface area contributed by atoms with E-state index < -0.39 is 14.0 Å². The van der Waals surface area contributed by atoms with Gasteiger partial charge in [0.1, 0.15) is 12.4 Å². The van der Waals surface area contributed by atoms with Crippen LogP contribution in [0.2, 0.25) is 25.7 Å². The number of fused-ring (bicyclic) bond motifs is 1. The zero-order chi connectivity index (χ0) is 21.0. The van der Waals surface area contributed by atoms with Crippen molar-refractivity contribution < 1.29 is 13.4 Å². The van der Waals surface area contributed by atoms with Crippen molar-refractivity contribution in [2.45, 2.75) is 69.4 Å². The molecule has 0 atom stereocenters. The molecule has 2 heterocycles. The van der Waals surface area contributed by atoms with E-state index >= 15 is 0 Å². The minimum absolute atomic E-state index is 0.0792. The molecule has 2 aromatic rings. The van der Waals surface area contributed by atoms with Gasteiger partial charge in [-0.05, 0) is 37.8 Å². The van der Waals surface area contributed by atoms with E-state index in [1.54, 1.807) is 0 Å². The van der Waals surface area contributed by atoms with Gasteiger partial charge in [-0.25, -0.2) is 4.98 Å². The molecule has 29 heavy (non-hydrogen) atoms. The Balaban J connectivity index is 1.77. The number of pyridine rings is 1. The molecule has 1 aliphatic carbocycles. The highest BCUT2D eigenvalue weighted by Crippen LogP contribution is 2.33. The van der Waals surface area contributed by atoms with E-state index in [0.29, 0.717) is 24.4 Å². The second-order valence-corrected chi connectivity index (χ2v) is 15.5. The number of aromatic nitrogens is 2. The molecule has 1 aliphatic rings. The number of nitrogens with zero attached hydrogens (tertiary/aromatic N) is 2. The average Bonchev–Trinajstić information content (AvgIpc) is 3.08. The maximum absolute atomic E-state index is 12.8. The Bertz CT molecular complexity index is 847. The Kier molecular flexibility index (Phi) is 7.23. The van der Waals surface area contributed by atoms with Crippen LogP contribution in [0, 0.1) is 0 Å². The SMILES string of the molecule is C[Si](C)(C)CCOCn1ccc2c(N[C@H]3CC[C@H](SF)CC3)c(C(N)=O)cnc21. The van der Waals surface area contributed by atoms with Gasteiger partial charge >= 0.3 is 0 Å². The predicted molar refractivity (Wildman–Crippen MR) is 121 cm³/mol. The molecule has 0 radical (unpaired) electrons. The number of halogens is 1. The zero-order valence-electron chi connectivity index (χ0n) is 17.4. The van der Waals surface area contributed by atoms with Crippen molar-refractivity contribution in [1.82, 2.24) is 9.55 Å². The van der Waals surface area contributed by atoms with Crippen LogP contribution in [-0.4, -0.2) is 41.4 Å². The van der Waals surface area contributed by atoms with E-state index in [-0.39, 0.29) is 11.3 Å². The van der Waals surface area contributed by atoms with Gasteiger partial charge in [0.25, 0.3) is 5.91 Å². The normalized spacial score (nSPS) is 20.1. The Morgan fingerprint density at radius 2 is 2.10 bits per heavy atom. The maximum atomic E-state index is 12.8. The Morgan fingerprint density at radius 3 is 2.72 bits per heavy atom. The molecule has 0 unspecified atom stereocenters. The highest BCUT2D eigenvalue weighted by Gasteiger charge is 2.24. The minimum atomic E-state index is -1.13. The van der Waals surface area contributed by atoms with Crippen molar-refractivity contribution in [2.24, 2.45) is 5.73 Å². The lowest BCUT2D eigenvalue weighted by Crippen LogP contribution is -2.28. The van der Waals surface area contributed by atoms with Gasteiger partial charge in [0.05, 0.1) is 11.3 Å². The lowest BCUT2D eigenvalue weighted by Gasteiger charge is -2.28. The Hall–Kier alpha value is -1.58. The molecule has 3 rings (SSSR count). The topological polar surface area (TPSA) is 82.2 Å². The molecule has 1 fully saturated rings. The van der Waals surface area contributed by atoms with Crippen LogP contribution in [0.1, 0.15) is 36.0 Å². The molecule has 2 aromatic heterocycles. The molecule has 9 heteroatoms. The van der Waals surface area contributed by atoms with Crippen LogP contribution in [0.15, 0.2) is 18.5 Å². The van der Waals surface area contributed by atoms with Crippen LogP contribution in [0.4, 0.5) is 9.57 Å². The first-order chi connectivity index (χ1) is 13.8. The van der Waals surface area contributed by atoms with Gasteiger partial charge < -0.3 is 20.4 Å². The first-order valence-electron chi connectivity index (χ1n) is 10.2. The molecule has 0 aromatic carbocycles. The quantitative estimate of drug-likeness (QED) is 0.434. The molecular weight excluding hydrogens is 407 g/mol. The molecule has 1 saturated carbocycles. The van der Waals surface area contributed by atoms with Crippen LogP contribution in [0.5, 0.6) is 0 Å². The number of nitrogens with two attached hydrogens (primary N) is 1. The van der Waals surface area contributed by atoms with Crippen molar-refractivity contribution in [3.8, 4) is 0 Å². The van der Waals surface area contributed by atoms with Crippen molar-refractivity contribution in [3.63, 3.8) is 0 Å². The third kappa shape index (κ3) is 5.73. The van der Waals surface area contributed by atoms with Crippen molar-refractivity contribution >= 4 is 42.8 Å². The van der Waals surface area contributed by atoms with Gasteiger partial charge in [-0.1, -0.05) is 19.6 Å². The summed E-state index contributed by atoms with van der Waals surface area (Å²) in [5.74, 6) is -0.506. The standard InChI is InChI=1S/C20H31FN4O2SSi/c1-29(2,3)11-10-27-13-25-9-8-16-18(17(19(22)26)12-23-20(16)25)24-14-4-6-15(28-21)7-5-14/h8-9,12,14-15H,4-7,10-11,13H2,1-3H3,(H2,22,26)(H,23,24)/t14-,15-. The largest absolute Gasteiger partial charge is 0.381 e. The smallest absolute Gasteiger partial charge is 0.252 e. The van der Waals surface area contributed by atoms with Crippen molar-refractivity contribution in [2.75, 3.05) is 11.9 Å². The highest BCUT2D eigenvalue weighted by molar-refractivity contribution is 7.94. The number of carbonyl (C=O) groups excluding carboxylic acids is 1. The number of nitrogens with one attached hydrogen (secondary N) is 1. The summed E-state index contributed by atoms with van der Waals surface area (Å²) >= 11 is 0.452. The van der Waals surface area contributed by atoms with Crippen LogP contribution >= 0.6 is 12.1 Å². The summed E-state index contributed by atoms with van der Waals surface area (Å²) in [5.41, 5.74) is 7.47. The number of primary amides is 1. The first kappa shape index (κ1) is 22.1. The van der Waals surface area contributed by atoms with Crippen LogP contribution in [-0.2, 0) is 11.5 Å². The van der Waals surface area contributed by atoms with Gasteiger partial charge in [0, 0.05) is 55.9 Å². The fourth-order valence-electron chi connectivity index (χ4n) is 3.63. The van der Waals surface area contributed by atoms with Gasteiger partial charge in [-0.3, -0.25) is 4.79 Å². The summed E-state index contributed by atoms with van der Waals surface area (Å²) in [5, 5.41) is 4.44. The number of hydrogen-bond donors (Lipinski definition) is 2. The van der Waals surface area contributed by atoms with E-state index in [0.717, 1.165) is 55.1 Å². The number of carbonyl (C=O) groups is 1. The zero-order valence-corrected chi connectivity index (χ0v) is 19.2. The molecule has 0 spiro atoms. The summed E-state index contributed by atoms with van der Waals surface area (Å²) in [6.07, 6.45) is 6.84. The van der Waals surface area contributed by atoms with E-state index in [2.05, 4.69) is 29.9 Å². The number of ether oxygens (including phenoxy) is 1. The molecular formula is C20H31FN4O2SSi. The fraction of sp³-hybridized carbons (Fsp3) is 0.600. The molecule has 1 amide bonds. The van der Waals surface area contributed by atoms with Gasteiger partial charge in [0.15, 0.2) is 0 Å². The summed E-state index contributed by atoms with van der Waals surface area (Å²) in [4.78, 5) is 16.4. The second kappa shape index (κ2) is 9.49. The van der Waals surface area contributed by atoms with E-state index in [1.807, 2.05) is 16.8 Å². The van der Waals surface area contributed by atoms with Crippen molar-refractivity contribution in [3.05, 3.63) is 24.0 Å². The first-order valence-corrected chi connectivity index (χ1v) is 14.7. The molecule has 0 bridgehead atoms. The Labute approximate surface area is 177 Å². The second-order valence-electron chi connectivity index (χ2n) is 8.99. The number of rotatable bonds is 9. The fourth-order valence-corrected chi connectivity index (χ4v) is 4.83. The summed E-state index contributed by atoms with van der Waals surface area (Å²) in [6.45, 7) is 8.13. The third-order valence-electron chi connectivity index (χ3n) is 5.43. The number of hydrogen-bond acceptors (Lipinski definition) is 5. The van der Waals surface area contributed by atoms with E-state index in [9.17, 15) is 8.68 Å². The van der Waals surface area contributed by atoms with Gasteiger partial charge in [-0.15, -0.1) is 0 Å². The van der Waals surface area contributed by atoms with Gasteiger partial charge in [-0.2, -0.15) is 3.89 Å². The molecule has 160 valence electrons. The molecule has 0 aliphatic heterocycles.